The monoisotopic (exact) mass is 253 g/mol. The van der Waals surface area contributed by atoms with E-state index in [2.05, 4.69) is 15.3 Å². The van der Waals surface area contributed by atoms with Crippen molar-refractivity contribution >= 4 is 35.4 Å². The molecule has 0 spiro atoms. The van der Waals surface area contributed by atoms with Crippen LogP contribution in [0.2, 0.25) is 5.02 Å². The fourth-order valence-corrected chi connectivity index (χ4v) is 1.20. The van der Waals surface area contributed by atoms with Crippen LogP contribution in [-0.2, 0) is 4.79 Å². The summed E-state index contributed by atoms with van der Waals surface area (Å²) in [4.78, 5) is 18.9. The van der Waals surface area contributed by atoms with Crippen molar-refractivity contribution in [1.82, 2.24) is 10.3 Å². The lowest BCUT2D eigenvalue weighted by Gasteiger charge is -2.01. The molecule has 1 amide bonds. The lowest BCUT2D eigenvalue weighted by atomic mass is 10.2. The second-order valence-corrected chi connectivity index (χ2v) is 3.49. The Bertz CT molecular complexity index is 480. The van der Waals surface area contributed by atoms with E-state index in [-0.39, 0.29) is 11.9 Å². The first-order valence-electron chi connectivity index (χ1n) is 4.68. The number of aliphatic imine (C=N–C) groups is 1. The van der Waals surface area contributed by atoms with Gasteiger partial charge in [0, 0.05) is 24.9 Å². The molecule has 0 radical (unpaired) electrons. The Hall–Kier alpha value is -2.08. The summed E-state index contributed by atoms with van der Waals surface area (Å²) < 4.78 is 0. The van der Waals surface area contributed by atoms with Gasteiger partial charge < -0.3 is 16.8 Å². The molecule has 1 heterocycles. The Morgan fingerprint density at radius 3 is 2.88 bits per heavy atom. The second kappa shape index (κ2) is 5.86. The molecule has 1 rings (SSSR count). The van der Waals surface area contributed by atoms with E-state index >= 15 is 0 Å². The molecule has 0 atom stereocenters. The third kappa shape index (κ3) is 4.12. The van der Waals surface area contributed by atoms with Crippen LogP contribution in [0, 0.1) is 0 Å². The first-order chi connectivity index (χ1) is 8.02. The van der Waals surface area contributed by atoms with Crippen molar-refractivity contribution in [2.24, 2.45) is 16.5 Å². The molecule has 6 nitrogen and oxygen atoms in total. The number of aromatic nitrogens is 1. The van der Waals surface area contributed by atoms with Crippen LogP contribution in [0.1, 0.15) is 5.56 Å². The summed E-state index contributed by atoms with van der Waals surface area (Å²) in [6, 6.07) is 1.61. The van der Waals surface area contributed by atoms with Gasteiger partial charge in [0.15, 0.2) is 11.8 Å². The molecule has 0 fully saturated rings. The van der Waals surface area contributed by atoms with Gasteiger partial charge in [-0.05, 0) is 12.1 Å². The second-order valence-electron chi connectivity index (χ2n) is 3.05. The summed E-state index contributed by atoms with van der Waals surface area (Å²) in [5.41, 5.74) is 11.1. The summed E-state index contributed by atoms with van der Waals surface area (Å²) in [6.45, 7) is 0. The van der Waals surface area contributed by atoms with Gasteiger partial charge in [-0.2, -0.15) is 4.99 Å². The Morgan fingerprint density at radius 1 is 1.59 bits per heavy atom. The highest BCUT2D eigenvalue weighted by Gasteiger charge is 2.02. The highest BCUT2D eigenvalue weighted by molar-refractivity contribution is 6.30. The zero-order valence-electron chi connectivity index (χ0n) is 9.14. The molecular formula is C10H12ClN5O. The molecule has 0 saturated carbocycles. The predicted molar refractivity (Wildman–Crippen MR) is 67.8 cm³/mol. The lowest BCUT2D eigenvalue weighted by molar-refractivity contribution is -0.115. The van der Waals surface area contributed by atoms with Gasteiger partial charge in [0.25, 0.3) is 0 Å². The topological polar surface area (TPSA) is 106 Å². The molecule has 0 aliphatic heterocycles. The van der Waals surface area contributed by atoms with Gasteiger partial charge in [-0.1, -0.05) is 11.6 Å². The molecule has 5 N–H and O–H groups in total. The zero-order chi connectivity index (χ0) is 12.8. The Balaban J connectivity index is 3.11. The minimum Gasteiger partial charge on any atom is -0.370 e. The number of nitrogens with two attached hydrogens (primary N) is 2. The number of carbonyl (C=O) groups excluding carboxylic acids is 1. The maximum atomic E-state index is 11.1. The van der Waals surface area contributed by atoms with E-state index in [1.165, 1.54) is 25.4 Å². The molecule has 90 valence electrons. The van der Waals surface area contributed by atoms with Gasteiger partial charge >= 0.3 is 0 Å². The molecule has 0 saturated heterocycles. The number of halogens is 1. The van der Waals surface area contributed by atoms with Gasteiger partial charge in [-0.3, -0.25) is 4.79 Å². The zero-order valence-corrected chi connectivity index (χ0v) is 9.90. The van der Waals surface area contributed by atoms with Crippen molar-refractivity contribution in [3.63, 3.8) is 0 Å². The highest BCUT2D eigenvalue weighted by atomic mass is 35.5. The van der Waals surface area contributed by atoms with Gasteiger partial charge in [0.1, 0.15) is 0 Å². The molecule has 7 heteroatoms. The van der Waals surface area contributed by atoms with Crippen molar-refractivity contribution in [2.75, 3.05) is 7.05 Å². The van der Waals surface area contributed by atoms with Crippen LogP contribution < -0.4 is 16.8 Å². The van der Waals surface area contributed by atoms with Crippen LogP contribution in [0.15, 0.2) is 23.3 Å². The summed E-state index contributed by atoms with van der Waals surface area (Å²) in [5, 5.41) is 2.87. The van der Waals surface area contributed by atoms with Gasteiger partial charge in [-0.25, -0.2) is 4.98 Å². The normalized spacial score (nSPS) is 10.2. The Labute approximate surface area is 103 Å². The summed E-state index contributed by atoms with van der Waals surface area (Å²) >= 11 is 5.79. The van der Waals surface area contributed by atoms with Crippen LogP contribution in [0.25, 0.3) is 6.08 Å². The number of amides is 1. The number of rotatable bonds is 3. The maximum Gasteiger partial charge on any atom is 0.243 e. The summed E-state index contributed by atoms with van der Waals surface area (Å²) in [7, 11) is 1.53. The number of carbonyl (C=O) groups is 1. The third-order valence-corrected chi connectivity index (χ3v) is 1.96. The van der Waals surface area contributed by atoms with E-state index in [1.54, 1.807) is 6.07 Å². The minimum atomic E-state index is -0.249. The van der Waals surface area contributed by atoms with Crippen molar-refractivity contribution in [2.45, 2.75) is 0 Å². The molecule has 1 aromatic heterocycles. The van der Waals surface area contributed by atoms with E-state index in [0.29, 0.717) is 16.4 Å². The van der Waals surface area contributed by atoms with Crippen LogP contribution >= 0.6 is 11.6 Å². The number of pyridine rings is 1. The molecular weight excluding hydrogens is 242 g/mol. The number of nitrogens with one attached hydrogen (secondary N) is 1. The van der Waals surface area contributed by atoms with E-state index in [4.69, 9.17) is 23.1 Å². The number of hydrogen-bond donors (Lipinski definition) is 3. The quantitative estimate of drug-likeness (QED) is 0.412. The first kappa shape index (κ1) is 13.0. The number of likely N-dealkylation sites (N-methyl/N-ethyl adjacent to an activating group) is 1. The van der Waals surface area contributed by atoms with Crippen LogP contribution in [0.5, 0.6) is 0 Å². The Morgan fingerprint density at radius 2 is 2.29 bits per heavy atom. The van der Waals surface area contributed by atoms with E-state index in [0.717, 1.165) is 0 Å². The lowest BCUT2D eigenvalue weighted by Crippen LogP contribution is -2.22. The fraction of sp³-hybridized carbons (Fsp3) is 0.100. The largest absolute Gasteiger partial charge is 0.370 e. The molecule has 0 bridgehead atoms. The smallest absolute Gasteiger partial charge is 0.243 e. The van der Waals surface area contributed by atoms with E-state index < -0.39 is 0 Å². The van der Waals surface area contributed by atoms with Crippen molar-refractivity contribution < 1.29 is 4.79 Å². The van der Waals surface area contributed by atoms with Crippen molar-refractivity contribution in [1.29, 1.82) is 0 Å². The highest BCUT2D eigenvalue weighted by Crippen LogP contribution is 2.21. The standard InChI is InChI=1S/C10H12ClN5O/c1-14-8(17)3-2-6-4-7(11)5-15-9(6)16-10(12)13/h2-5H,1H3,(H,14,17)(H4,12,13,15,16)/b3-2+. The number of guanidine groups is 1. The van der Waals surface area contributed by atoms with Crippen LogP contribution in [-0.4, -0.2) is 23.9 Å². The minimum absolute atomic E-state index is 0.116. The van der Waals surface area contributed by atoms with Crippen LogP contribution in [0.3, 0.4) is 0 Å². The van der Waals surface area contributed by atoms with E-state index in [9.17, 15) is 4.79 Å². The number of nitrogens with zero attached hydrogens (tertiary/aromatic N) is 2. The Kier molecular flexibility index (Phi) is 4.47. The molecule has 0 aromatic carbocycles. The first-order valence-corrected chi connectivity index (χ1v) is 5.05. The van der Waals surface area contributed by atoms with Crippen molar-refractivity contribution in [3.05, 3.63) is 28.9 Å². The van der Waals surface area contributed by atoms with Crippen molar-refractivity contribution in [3.8, 4) is 0 Å². The van der Waals surface area contributed by atoms with Gasteiger partial charge in [0.2, 0.25) is 5.91 Å². The molecule has 0 unspecified atom stereocenters. The van der Waals surface area contributed by atoms with E-state index in [1.807, 2.05) is 0 Å². The van der Waals surface area contributed by atoms with Gasteiger partial charge in [-0.15, -0.1) is 0 Å². The molecule has 17 heavy (non-hydrogen) atoms. The van der Waals surface area contributed by atoms with Crippen LogP contribution in [0.4, 0.5) is 5.82 Å². The maximum absolute atomic E-state index is 11.1. The van der Waals surface area contributed by atoms with Gasteiger partial charge in [0.05, 0.1) is 5.02 Å². The molecule has 1 aromatic rings. The summed E-state index contributed by atoms with van der Waals surface area (Å²) in [5.74, 6) is -0.0652. The average Bonchev–Trinajstić information content (AvgIpc) is 2.28. The summed E-state index contributed by atoms with van der Waals surface area (Å²) in [6.07, 6.45) is 4.28. The SMILES string of the molecule is CNC(=O)/C=C/c1cc(Cl)cnc1N=C(N)N. The number of hydrogen-bond acceptors (Lipinski definition) is 3. The molecule has 0 aliphatic carbocycles. The fourth-order valence-electron chi connectivity index (χ4n) is 1.03. The average molecular weight is 254 g/mol. The third-order valence-electron chi connectivity index (χ3n) is 1.76. The molecule has 0 aliphatic rings. The predicted octanol–water partition coefficient (Wildman–Crippen LogP) is 0.399.